The zero-order chi connectivity index (χ0) is 12.7. The van der Waals surface area contributed by atoms with E-state index in [0.29, 0.717) is 12.1 Å². The van der Waals surface area contributed by atoms with E-state index in [1.807, 2.05) is 0 Å². The van der Waals surface area contributed by atoms with Crippen molar-refractivity contribution in [2.45, 2.75) is 60.0 Å². The summed E-state index contributed by atoms with van der Waals surface area (Å²) in [4.78, 5) is 2.60. The van der Waals surface area contributed by atoms with E-state index in [1.54, 1.807) is 0 Å². The largest absolute Gasteiger partial charge is 0.315 e. The molecule has 0 amide bonds. The van der Waals surface area contributed by atoms with Crippen molar-refractivity contribution in [1.29, 1.82) is 0 Å². The van der Waals surface area contributed by atoms with Gasteiger partial charge in [-0.2, -0.15) is 0 Å². The van der Waals surface area contributed by atoms with Crippen molar-refractivity contribution < 1.29 is 0 Å². The van der Waals surface area contributed by atoms with Gasteiger partial charge in [-0.1, -0.05) is 34.1 Å². The monoisotopic (exact) mass is 228 g/mol. The summed E-state index contributed by atoms with van der Waals surface area (Å²) >= 11 is 0. The van der Waals surface area contributed by atoms with E-state index in [0.717, 1.165) is 11.8 Å². The van der Waals surface area contributed by atoms with E-state index < -0.39 is 0 Å². The van der Waals surface area contributed by atoms with Gasteiger partial charge in [-0.15, -0.1) is 0 Å². The predicted octanol–water partition coefficient (Wildman–Crippen LogP) is 2.99. The molecule has 2 heteroatoms. The van der Waals surface area contributed by atoms with E-state index in [1.165, 1.54) is 19.5 Å². The smallest absolute Gasteiger partial charge is 0.0217 e. The van der Waals surface area contributed by atoms with E-state index in [9.17, 15) is 0 Å². The molecule has 0 spiro atoms. The van der Waals surface area contributed by atoms with Crippen LogP contribution in [0.25, 0.3) is 0 Å². The molecular formula is C14H32N2. The van der Waals surface area contributed by atoms with Gasteiger partial charge in [-0.25, -0.2) is 0 Å². The van der Waals surface area contributed by atoms with Crippen LogP contribution in [0.2, 0.25) is 0 Å². The second-order valence-corrected chi connectivity index (χ2v) is 5.72. The maximum Gasteiger partial charge on any atom is 0.0217 e. The van der Waals surface area contributed by atoms with Gasteiger partial charge in [-0.3, -0.25) is 4.90 Å². The van der Waals surface area contributed by atoms with E-state index in [-0.39, 0.29) is 0 Å². The summed E-state index contributed by atoms with van der Waals surface area (Å²) in [5, 5.41) is 3.47. The Morgan fingerprint density at radius 3 is 1.88 bits per heavy atom. The Balaban J connectivity index is 4.34. The number of rotatable bonds is 8. The Morgan fingerprint density at radius 1 is 1.00 bits per heavy atom. The van der Waals surface area contributed by atoms with Crippen LogP contribution >= 0.6 is 0 Å². The van der Waals surface area contributed by atoms with Crippen molar-refractivity contribution in [3.05, 3.63) is 0 Å². The van der Waals surface area contributed by atoms with Crippen molar-refractivity contribution in [3.63, 3.8) is 0 Å². The van der Waals surface area contributed by atoms with Crippen molar-refractivity contribution in [3.8, 4) is 0 Å². The minimum atomic E-state index is 0.617. The Morgan fingerprint density at radius 2 is 1.56 bits per heavy atom. The summed E-state index contributed by atoms with van der Waals surface area (Å²) in [6.07, 6.45) is 1.25. The lowest BCUT2D eigenvalue weighted by atomic mass is 9.98. The molecule has 0 fully saturated rings. The zero-order valence-corrected chi connectivity index (χ0v) is 12.4. The first-order chi connectivity index (χ1) is 7.42. The maximum absolute atomic E-state index is 3.47. The van der Waals surface area contributed by atoms with E-state index >= 15 is 0 Å². The summed E-state index contributed by atoms with van der Waals surface area (Å²) in [6, 6.07) is 1.26. The minimum Gasteiger partial charge on any atom is -0.315 e. The third kappa shape index (κ3) is 5.86. The van der Waals surface area contributed by atoms with Crippen molar-refractivity contribution in [2.24, 2.45) is 11.8 Å². The van der Waals surface area contributed by atoms with Crippen LogP contribution in [0.5, 0.6) is 0 Å². The van der Waals surface area contributed by atoms with Crippen molar-refractivity contribution in [1.82, 2.24) is 10.2 Å². The van der Waals surface area contributed by atoms with Gasteiger partial charge in [-0.05, 0) is 32.7 Å². The minimum absolute atomic E-state index is 0.617. The Labute approximate surface area is 103 Å². The highest BCUT2D eigenvalue weighted by Gasteiger charge is 2.19. The molecule has 1 N–H and O–H groups in total. The lowest BCUT2D eigenvalue weighted by molar-refractivity contribution is 0.161. The van der Waals surface area contributed by atoms with Crippen LogP contribution in [0.15, 0.2) is 0 Å². The van der Waals surface area contributed by atoms with Crippen molar-refractivity contribution in [2.75, 3.05) is 20.1 Å². The Bertz CT molecular complexity index is 166. The molecule has 0 heterocycles. The highest BCUT2D eigenvalue weighted by molar-refractivity contribution is 4.77. The zero-order valence-electron chi connectivity index (χ0n) is 12.4. The van der Waals surface area contributed by atoms with Gasteiger partial charge < -0.3 is 5.32 Å². The standard InChI is InChI=1S/C14H32N2/c1-8-13(6)14(15-7)10-16(12(4)5)9-11(2)3/h11-15H,8-10H2,1-7H3. The lowest BCUT2D eigenvalue weighted by Crippen LogP contribution is -2.46. The predicted molar refractivity (Wildman–Crippen MR) is 73.8 cm³/mol. The average Bonchev–Trinajstić information content (AvgIpc) is 2.22. The van der Waals surface area contributed by atoms with Crippen LogP contribution < -0.4 is 5.32 Å². The molecule has 0 aliphatic rings. The molecule has 0 saturated heterocycles. The second-order valence-electron chi connectivity index (χ2n) is 5.72. The second kappa shape index (κ2) is 8.08. The molecule has 0 rings (SSSR count). The van der Waals surface area contributed by atoms with Crippen molar-refractivity contribution >= 4 is 0 Å². The first-order valence-electron chi connectivity index (χ1n) is 6.83. The molecule has 98 valence electrons. The fraction of sp³-hybridized carbons (Fsp3) is 1.00. The molecular weight excluding hydrogens is 196 g/mol. The third-order valence-corrected chi connectivity index (χ3v) is 3.46. The number of nitrogens with zero attached hydrogens (tertiary/aromatic N) is 1. The number of hydrogen-bond acceptors (Lipinski definition) is 2. The molecule has 2 unspecified atom stereocenters. The summed E-state index contributed by atoms with van der Waals surface area (Å²) in [6.45, 7) is 16.2. The fourth-order valence-corrected chi connectivity index (χ4v) is 2.06. The van der Waals surface area contributed by atoms with E-state index in [4.69, 9.17) is 0 Å². The SMILES string of the molecule is CCC(C)C(CN(CC(C)C)C(C)C)NC. The molecule has 0 bridgehead atoms. The Hall–Kier alpha value is -0.0800. The average molecular weight is 228 g/mol. The molecule has 0 aliphatic carbocycles. The third-order valence-electron chi connectivity index (χ3n) is 3.46. The molecule has 0 aromatic carbocycles. The van der Waals surface area contributed by atoms with Gasteiger partial charge in [0.15, 0.2) is 0 Å². The van der Waals surface area contributed by atoms with Crippen LogP contribution in [-0.4, -0.2) is 37.1 Å². The first kappa shape index (κ1) is 15.9. The maximum atomic E-state index is 3.47. The number of nitrogens with one attached hydrogen (secondary N) is 1. The Kier molecular flexibility index (Phi) is 8.04. The summed E-state index contributed by atoms with van der Waals surface area (Å²) in [7, 11) is 2.09. The summed E-state index contributed by atoms with van der Waals surface area (Å²) in [5.41, 5.74) is 0. The number of likely N-dealkylation sites (N-methyl/N-ethyl adjacent to an activating group) is 1. The van der Waals surface area contributed by atoms with Gasteiger partial charge in [0.2, 0.25) is 0 Å². The molecule has 0 aromatic heterocycles. The lowest BCUT2D eigenvalue weighted by Gasteiger charge is -2.34. The van der Waals surface area contributed by atoms with Gasteiger partial charge in [0.1, 0.15) is 0 Å². The van der Waals surface area contributed by atoms with Gasteiger partial charge >= 0.3 is 0 Å². The van der Waals surface area contributed by atoms with Gasteiger partial charge in [0, 0.05) is 25.2 Å². The van der Waals surface area contributed by atoms with E-state index in [2.05, 4.69) is 58.8 Å². The molecule has 2 nitrogen and oxygen atoms in total. The molecule has 0 aromatic rings. The topological polar surface area (TPSA) is 15.3 Å². The van der Waals surface area contributed by atoms with Crippen LogP contribution in [0, 0.1) is 11.8 Å². The van der Waals surface area contributed by atoms with Crippen LogP contribution in [-0.2, 0) is 0 Å². The van der Waals surface area contributed by atoms with Crippen LogP contribution in [0.4, 0.5) is 0 Å². The van der Waals surface area contributed by atoms with Gasteiger partial charge in [0.05, 0.1) is 0 Å². The molecule has 0 saturated carbocycles. The quantitative estimate of drug-likeness (QED) is 0.687. The summed E-state index contributed by atoms with van der Waals surface area (Å²) in [5.74, 6) is 1.50. The first-order valence-corrected chi connectivity index (χ1v) is 6.83. The highest BCUT2D eigenvalue weighted by atomic mass is 15.2. The van der Waals surface area contributed by atoms with Crippen LogP contribution in [0.3, 0.4) is 0 Å². The van der Waals surface area contributed by atoms with Crippen LogP contribution in [0.1, 0.15) is 48.0 Å². The normalized spacial score (nSPS) is 16.1. The fourth-order valence-electron chi connectivity index (χ4n) is 2.06. The van der Waals surface area contributed by atoms with Gasteiger partial charge in [0.25, 0.3) is 0 Å². The molecule has 16 heavy (non-hydrogen) atoms. The number of hydrogen-bond donors (Lipinski definition) is 1. The molecule has 0 aliphatic heterocycles. The molecule has 2 atom stereocenters. The highest BCUT2D eigenvalue weighted by Crippen LogP contribution is 2.12. The summed E-state index contributed by atoms with van der Waals surface area (Å²) < 4.78 is 0. The molecule has 0 radical (unpaired) electrons.